The molecule has 1 atom stereocenters. The second-order valence-electron chi connectivity index (χ2n) is 6.22. The van der Waals surface area contributed by atoms with Gasteiger partial charge < -0.3 is 23.9 Å². The molecule has 1 N–H and O–H groups in total. The zero-order valence-corrected chi connectivity index (χ0v) is 15.8. The molecule has 4 rings (SSSR count). The first-order valence-corrected chi connectivity index (χ1v) is 9.14. The Morgan fingerprint density at radius 1 is 1.07 bits per heavy atom. The number of carbonyl (C=O) groups is 2. The number of ether oxygens (including phenoxy) is 3. The summed E-state index contributed by atoms with van der Waals surface area (Å²) in [4.78, 5) is 25.1. The molecular weight excluding hydrogens is 398 g/mol. The molecule has 0 unspecified atom stereocenters. The number of rotatable bonds is 6. The maximum absolute atomic E-state index is 12.8. The number of fused-ring (bicyclic) bond motifs is 1. The van der Waals surface area contributed by atoms with Gasteiger partial charge in [-0.15, -0.1) is 0 Å². The van der Waals surface area contributed by atoms with Gasteiger partial charge in [-0.05, 0) is 42.0 Å². The number of esters is 1. The van der Waals surface area contributed by atoms with Crippen LogP contribution in [0.2, 0.25) is 5.02 Å². The normalized spacial score (nSPS) is 13.0. The van der Waals surface area contributed by atoms with Crippen molar-refractivity contribution in [2.24, 2.45) is 0 Å². The van der Waals surface area contributed by atoms with Gasteiger partial charge in [0.15, 0.2) is 11.5 Å². The average Bonchev–Trinajstić information content (AvgIpc) is 3.42. The molecule has 1 aliphatic rings. The van der Waals surface area contributed by atoms with E-state index in [2.05, 4.69) is 5.32 Å². The number of furan rings is 1. The van der Waals surface area contributed by atoms with E-state index in [9.17, 15) is 9.59 Å². The third-order valence-corrected chi connectivity index (χ3v) is 4.51. The van der Waals surface area contributed by atoms with E-state index in [4.69, 9.17) is 30.2 Å². The van der Waals surface area contributed by atoms with Crippen LogP contribution >= 0.6 is 11.6 Å². The van der Waals surface area contributed by atoms with Crippen LogP contribution in [0.5, 0.6) is 11.5 Å². The summed E-state index contributed by atoms with van der Waals surface area (Å²) in [5.74, 6) is 0.0624. The lowest BCUT2D eigenvalue weighted by molar-refractivity contribution is -0.130. The summed E-state index contributed by atoms with van der Waals surface area (Å²) in [5, 5.41) is 3.28. The second kappa shape index (κ2) is 8.28. The molecule has 2 aromatic carbocycles. The third kappa shape index (κ3) is 4.35. The zero-order chi connectivity index (χ0) is 20.2. The molecule has 7 nitrogen and oxygen atoms in total. The molecule has 0 saturated carbocycles. The third-order valence-electron chi connectivity index (χ3n) is 4.26. The summed E-state index contributed by atoms with van der Waals surface area (Å²) in [7, 11) is 0. The minimum atomic E-state index is -1.17. The molecular formula is C21H16ClNO6. The van der Waals surface area contributed by atoms with Crippen molar-refractivity contribution < 1.29 is 28.2 Å². The van der Waals surface area contributed by atoms with E-state index in [0.29, 0.717) is 22.1 Å². The highest BCUT2D eigenvalue weighted by atomic mass is 35.5. The largest absolute Gasteiger partial charge is 0.457 e. The monoisotopic (exact) mass is 413 g/mol. The fraction of sp³-hybridized carbons (Fsp3) is 0.143. The number of halogens is 1. The minimum absolute atomic E-state index is 0.00698. The van der Waals surface area contributed by atoms with E-state index in [0.717, 1.165) is 5.56 Å². The smallest absolute Gasteiger partial charge is 0.375 e. The van der Waals surface area contributed by atoms with Crippen LogP contribution in [-0.4, -0.2) is 18.7 Å². The highest BCUT2D eigenvalue weighted by Crippen LogP contribution is 2.32. The molecule has 1 aliphatic heterocycles. The highest BCUT2D eigenvalue weighted by molar-refractivity contribution is 6.30. The van der Waals surface area contributed by atoms with E-state index < -0.39 is 18.0 Å². The van der Waals surface area contributed by atoms with Crippen molar-refractivity contribution in [2.45, 2.75) is 12.6 Å². The first kappa shape index (κ1) is 18.9. The Bertz CT molecular complexity index is 1020. The molecule has 0 fully saturated rings. The molecule has 1 amide bonds. The summed E-state index contributed by atoms with van der Waals surface area (Å²) in [6.45, 7) is 0.393. The van der Waals surface area contributed by atoms with Crippen LogP contribution in [0.4, 0.5) is 0 Å². The van der Waals surface area contributed by atoms with Gasteiger partial charge in [0.05, 0.1) is 6.26 Å². The lowest BCUT2D eigenvalue weighted by Crippen LogP contribution is -2.31. The predicted molar refractivity (Wildman–Crippen MR) is 103 cm³/mol. The maximum atomic E-state index is 12.8. The summed E-state index contributed by atoms with van der Waals surface area (Å²) in [6.07, 6.45) is 0.187. The Labute approximate surface area is 171 Å². The zero-order valence-electron chi connectivity index (χ0n) is 15.1. The summed E-state index contributed by atoms with van der Waals surface area (Å²) >= 11 is 5.93. The van der Waals surface area contributed by atoms with E-state index in [1.807, 2.05) is 6.07 Å². The predicted octanol–water partition coefficient (Wildman–Crippen LogP) is 3.88. The Balaban J connectivity index is 1.49. The van der Waals surface area contributed by atoms with Gasteiger partial charge in [0.1, 0.15) is 0 Å². The molecule has 0 radical (unpaired) electrons. The number of carbonyl (C=O) groups excluding carboxylic acids is 2. The van der Waals surface area contributed by atoms with Gasteiger partial charge in [0, 0.05) is 17.1 Å². The number of amides is 1. The molecule has 0 aliphatic carbocycles. The highest BCUT2D eigenvalue weighted by Gasteiger charge is 2.27. The van der Waals surface area contributed by atoms with Crippen molar-refractivity contribution in [1.29, 1.82) is 0 Å². The average molecular weight is 414 g/mol. The SMILES string of the molecule is O=C(O[C@H](C(=O)NCc1ccc2c(c1)OCO2)c1ccc(Cl)cc1)c1ccco1. The van der Waals surface area contributed by atoms with Crippen LogP contribution in [0, 0.1) is 0 Å². The first-order chi connectivity index (χ1) is 14.1. The number of benzene rings is 2. The molecule has 2 heterocycles. The Kier molecular flexibility index (Phi) is 5.39. The molecule has 29 heavy (non-hydrogen) atoms. The second-order valence-corrected chi connectivity index (χ2v) is 6.66. The Morgan fingerprint density at radius 3 is 2.62 bits per heavy atom. The molecule has 0 bridgehead atoms. The fourth-order valence-corrected chi connectivity index (χ4v) is 2.93. The fourth-order valence-electron chi connectivity index (χ4n) is 2.80. The van der Waals surface area contributed by atoms with Crippen molar-refractivity contribution >= 4 is 23.5 Å². The van der Waals surface area contributed by atoms with Gasteiger partial charge in [-0.2, -0.15) is 0 Å². The Hall–Kier alpha value is -3.45. The van der Waals surface area contributed by atoms with Gasteiger partial charge in [0.2, 0.25) is 18.7 Å². The van der Waals surface area contributed by atoms with Crippen LogP contribution in [0.25, 0.3) is 0 Å². The maximum Gasteiger partial charge on any atom is 0.375 e. The van der Waals surface area contributed by atoms with E-state index >= 15 is 0 Å². The molecule has 0 saturated heterocycles. The summed E-state index contributed by atoms with van der Waals surface area (Å²) in [6, 6.07) is 14.9. The van der Waals surface area contributed by atoms with Crippen LogP contribution < -0.4 is 14.8 Å². The standard InChI is InChI=1S/C21H16ClNO6/c22-15-6-4-14(5-7-15)19(29-21(25)17-2-1-9-26-17)20(24)23-11-13-3-8-16-18(10-13)28-12-27-16/h1-10,19H,11-12H2,(H,23,24)/t19-/m0/s1. The minimum Gasteiger partial charge on any atom is -0.457 e. The lowest BCUT2D eigenvalue weighted by atomic mass is 10.1. The molecule has 1 aromatic heterocycles. The van der Waals surface area contributed by atoms with Crippen LogP contribution in [0.1, 0.15) is 27.8 Å². The van der Waals surface area contributed by atoms with E-state index in [1.54, 1.807) is 42.5 Å². The van der Waals surface area contributed by atoms with Crippen molar-refractivity contribution in [3.05, 3.63) is 82.8 Å². The van der Waals surface area contributed by atoms with Gasteiger partial charge in [-0.3, -0.25) is 4.79 Å². The van der Waals surface area contributed by atoms with Gasteiger partial charge >= 0.3 is 5.97 Å². The first-order valence-electron chi connectivity index (χ1n) is 8.76. The summed E-state index contributed by atoms with van der Waals surface area (Å²) < 4.78 is 21.1. The van der Waals surface area contributed by atoms with E-state index in [-0.39, 0.29) is 19.1 Å². The summed E-state index contributed by atoms with van der Waals surface area (Å²) in [5.41, 5.74) is 1.30. The topological polar surface area (TPSA) is 87.0 Å². The number of hydrogen-bond acceptors (Lipinski definition) is 6. The lowest BCUT2D eigenvalue weighted by Gasteiger charge is -2.18. The van der Waals surface area contributed by atoms with Gasteiger partial charge in [-0.1, -0.05) is 29.8 Å². The molecule has 8 heteroatoms. The van der Waals surface area contributed by atoms with Crippen LogP contribution in [0.3, 0.4) is 0 Å². The number of hydrogen-bond donors (Lipinski definition) is 1. The number of nitrogens with one attached hydrogen (secondary N) is 1. The van der Waals surface area contributed by atoms with Gasteiger partial charge in [-0.25, -0.2) is 4.79 Å². The molecule has 148 valence electrons. The molecule has 0 spiro atoms. The van der Waals surface area contributed by atoms with Crippen molar-refractivity contribution in [3.8, 4) is 11.5 Å². The van der Waals surface area contributed by atoms with Crippen LogP contribution in [-0.2, 0) is 16.1 Å². The van der Waals surface area contributed by atoms with Crippen molar-refractivity contribution in [2.75, 3.05) is 6.79 Å². The Morgan fingerprint density at radius 2 is 1.86 bits per heavy atom. The van der Waals surface area contributed by atoms with E-state index in [1.165, 1.54) is 12.3 Å². The van der Waals surface area contributed by atoms with Crippen LogP contribution in [0.15, 0.2) is 65.3 Å². The van der Waals surface area contributed by atoms with Crippen molar-refractivity contribution in [3.63, 3.8) is 0 Å². The van der Waals surface area contributed by atoms with Crippen molar-refractivity contribution in [1.82, 2.24) is 5.32 Å². The quantitative estimate of drug-likeness (QED) is 0.617. The van der Waals surface area contributed by atoms with Gasteiger partial charge in [0.25, 0.3) is 5.91 Å². The molecule has 3 aromatic rings.